The molecule has 2 heterocycles. The highest BCUT2D eigenvalue weighted by Crippen LogP contribution is 2.19. The van der Waals surface area contributed by atoms with E-state index in [4.69, 9.17) is 0 Å². The smallest absolute Gasteiger partial charge is 0.214 e. The summed E-state index contributed by atoms with van der Waals surface area (Å²) in [6, 6.07) is 17.6. The molecule has 6 nitrogen and oxygen atoms in total. The van der Waals surface area contributed by atoms with Crippen molar-refractivity contribution >= 4 is 0 Å². The van der Waals surface area contributed by atoms with E-state index < -0.39 is 0 Å². The molecule has 0 unspecified atom stereocenters. The summed E-state index contributed by atoms with van der Waals surface area (Å²) in [7, 11) is 0. The molecule has 1 aromatic heterocycles. The van der Waals surface area contributed by atoms with Gasteiger partial charge in [-0.15, -0.1) is 5.10 Å². The molecule has 3 aromatic rings. The van der Waals surface area contributed by atoms with E-state index in [9.17, 15) is 4.39 Å². The molecular formula is C22H29FN6+2. The zero-order chi connectivity index (χ0) is 20.2. The van der Waals surface area contributed by atoms with E-state index in [1.165, 1.54) is 22.6 Å². The first kappa shape index (κ1) is 19.7. The van der Waals surface area contributed by atoms with Gasteiger partial charge in [-0.3, -0.25) is 0 Å². The molecule has 0 spiro atoms. The Morgan fingerprint density at radius 3 is 2.31 bits per heavy atom. The molecule has 0 aliphatic carbocycles. The van der Waals surface area contributed by atoms with E-state index in [0.717, 1.165) is 44.1 Å². The minimum absolute atomic E-state index is 0.00581. The summed E-state index contributed by atoms with van der Waals surface area (Å²) < 4.78 is 15.4. The van der Waals surface area contributed by atoms with Crippen LogP contribution in [0.2, 0.25) is 0 Å². The molecule has 2 aromatic carbocycles. The Kier molecular flexibility index (Phi) is 5.97. The maximum Gasteiger partial charge on any atom is 0.214 e. The Bertz CT molecular complexity index is 901. The number of benzene rings is 2. The number of aromatic nitrogens is 4. The van der Waals surface area contributed by atoms with E-state index in [-0.39, 0.29) is 17.9 Å². The van der Waals surface area contributed by atoms with Crippen LogP contribution in [0, 0.1) is 5.82 Å². The van der Waals surface area contributed by atoms with Crippen molar-refractivity contribution < 1.29 is 14.2 Å². The van der Waals surface area contributed by atoms with Crippen LogP contribution in [0.1, 0.15) is 42.9 Å². The molecule has 152 valence electrons. The van der Waals surface area contributed by atoms with Gasteiger partial charge in [0.2, 0.25) is 5.82 Å². The number of tetrazole rings is 1. The molecule has 1 saturated heterocycles. The van der Waals surface area contributed by atoms with E-state index in [1.807, 2.05) is 16.8 Å². The third kappa shape index (κ3) is 4.52. The Morgan fingerprint density at radius 2 is 1.66 bits per heavy atom. The monoisotopic (exact) mass is 396 g/mol. The summed E-state index contributed by atoms with van der Waals surface area (Å²) in [6.07, 6.45) is 0. The summed E-state index contributed by atoms with van der Waals surface area (Å²) in [6.45, 7) is 9.44. The summed E-state index contributed by atoms with van der Waals surface area (Å²) in [5.41, 5.74) is 2.44. The molecule has 1 atom stereocenters. The Morgan fingerprint density at radius 1 is 0.966 bits per heavy atom. The summed E-state index contributed by atoms with van der Waals surface area (Å²) >= 11 is 0. The fraction of sp³-hybridized carbons (Fsp3) is 0.409. The third-order valence-corrected chi connectivity index (χ3v) is 5.77. The second-order valence-electron chi connectivity index (χ2n) is 8.13. The zero-order valence-corrected chi connectivity index (χ0v) is 17.1. The molecule has 0 amide bonds. The van der Waals surface area contributed by atoms with Gasteiger partial charge < -0.3 is 9.80 Å². The van der Waals surface area contributed by atoms with Gasteiger partial charge in [-0.05, 0) is 48.5 Å². The average molecular weight is 397 g/mol. The van der Waals surface area contributed by atoms with Crippen molar-refractivity contribution in [3.05, 3.63) is 77.4 Å². The molecule has 1 fully saturated rings. The Labute approximate surface area is 170 Å². The fourth-order valence-corrected chi connectivity index (χ4v) is 4.26. The second-order valence-corrected chi connectivity index (χ2v) is 8.13. The lowest BCUT2D eigenvalue weighted by Crippen LogP contribution is -3.27. The largest absolute Gasteiger partial charge is 0.322 e. The van der Waals surface area contributed by atoms with Gasteiger partial charge in [0.25, 0.3) is 0 Å². The number of halogens is 1. The van der Waals surface area contributed by atoms with Crippen molar-refractivity contribution in [1.29, 1.82) is 0 Å². The number of hydrogen-bond acceptors (Lipinski definition) is 3. The molecular weight excluding hydrogens is 367 g/mol. The van der Waals surface area contributed by atoms with E-state index >= 15 is 0 Å². The Hall–Kier alpha value is -2.64. The predicted molar refractivity (Wildman–Crippen MR) is 108 cm³/mol. The van der Waals surface area contributed by atoms with Crippen LogP contribution >= 0.6 is 0 Å². The number of piperazine rings is 1. The van der Waals surface area contributed by atoms with Crippen molar-refractivity contribution in [3.63, 3.8) is 0 Å². The highest BCUT2D eigenvalue weighted by Gasteiger charge is 2.35. The van der Waals surface area contributed by atoms with E-state index in [2.05, 4.69) is 59.7 Å². The summed E-state index contributed by atoms with van der Waals surface area (Å²) in [4.78, 5) is 3.03. The number of nitrogens with one attached hydrogen (secondary N) is 2. The quantitative estimate of drug-likeness (QED) is 0.637. The number of nitrogens with zero attached hydrogens (tertiary/aromatic N) is 4. The van der Waals surface area contributed by atoms with Crippen molar-refractivity contribution in [2.75, 3.05) is 26.2 Å². The normalized spacial score (nSPS) is 20.7. The maximum atomic E-state index is 13.5. The highest BCUT2D eigenvalue weighted by molar-refractivity contribution is 5.23. The van der Waals surface area contributed by atoms with Crippen LogP contribution in [0.4, 0.5) is 4.39 Å². The molecule has 0 saturated carbocycles. The number of hydrogen-bond donors (Lipinski definition) is 2. The van der Waals surface area contributed by atoms with Gasteiger partial charge in [0, 0.05) is 11.1 Å². The average Bonchev–Trinajstić information content (AvgIpc) is 3.21. The molecule has 1 aliphatic heterocycles. The zero-order valence-electron chi connectivity index (χ0n) is 17.1. The van der Waals surface area contributed by atoms with Crippen LogP contribution in [0.15, 0.2) is 54.6 Å². The lowest BCUT2D eigenvalue weighted by Gasteiger charge is -2.34. The minimum atomic E-state index is -0.219. The first-order valence-corrected chi connectivity index (χ1v) is 10.4. The third-order valence-electron chi connectivity index (χ3n) is 5.77. The van der Waals surface area contributed by atoms with Gasteiger partial charge in [0.05, 0.1) is 6.04 Å². The topological polar surface area (TPSA) is 52.5 Å². The molecule has 1 aliphatic rings. The van der Waals surface area contributed by atoms with E-state index in [1.54, 1.807) is 4.90 Å². The van der Waals surface area contributed by atoms with Crippen molar-refractivity contribution in [3.8, 4) is 0 Å². The van der Waals surface area contributed by atoms with Crippen molar-refractivity contribution in [2.45, 2.75) is 32.5 Å². The lowest BCUT2D eigenvalue weighted by molar-refractivity contribution is -1.03. The van der Waals surface area contributed by atoms with Gasteiger partial charge in [0.15, 0.2) is 6.04 Å². The lowest BCUT2D eigenvalue weighted by atomic mass is 10.0. The predicted octanol–water partition coefficient (Wildman–Crippen LogP) is 0.466. The standard InChI is InChI=1S/C22H27FN6/c1-17(2)29-22(24-25-26-29)21(19-8-10-20(23)11-9-19)28-14-12-27(13-15-28)16-18-6-4-3-5-7-18/h3-11,17,21H,12-16H2,1-2H3/p+2/t21-/m0/s1. The summed E-state index contributed by atoms with van der Waals surface area (Å²) in [5.74, 6) is 0.635. The van der Waals surface area contributed by atoms with Crippen molar-refractivity contribution in [2.24, 2.45) is 0 Å². The minimum Gasteiger partial charge on any atom is -0.322 e. The van der Waals surface area contributed by atoms with Gasteiger partial charge in [-0.2, -0.15) is 0 Å². The second kappa shape index (κ2) is 8.80. The first-order chi connectivity index (χ1) is 14.1. The van der Waals surface area contributed by atoms with Crippen LogP contribution in [0.25, 0.3) is 0 Å². The van der Waals surface area contributed by atoms with Gasteiger partial charge >= 0.3 is 0 Å². The molecule has 0 bridgehead atoms. The van der Waals surface area contributed by atoms with Crippen LogP contribution in [-0.2, 0) is 6.54 Å². The van der Waals surface area contributed by atoms with Gasteiger partial charge in [-0.25, -0.2) is 9.07 Å². The van der Waals surface area contributed by atoms with Crippen molar-refractivity contribution in [1.82, 2.24) is 20.2 Å². The highest BCUT2D eigenvalue weighted by atomic mass is 19.1. The maximum absolute atomic E-state index is 13.5. The molecule has 4 rings (SSSR count). The first-order valence-electron chi connectivity index (χ1n) is 10.4. The molecule has 7 heteroatoms. The fourth-order valence-electron chi connectivity index (χ4n) is 4.26. The molecule has 0 radical (unpaired) electrons. The van der Waals surface area contributed by atoms with Crippen LogP contribution in [0.5, 0.6) is 0 Å². The number of quaternary nitrogens is 2. The van der Waals surface area contributed by atoms with Crippen LogP contribution in [-0.4, -0.2) is 46.4 Å². The SMILES string of the molecule is CC(C)n1nnnc1[C@H](c1ccc(F)cc1)[NH+]1CC[NH+](Cc2ccccc2)CC1. The van der Waals surface area contributed by atoms with Crippen LogP contribution in [0.3, 0.4) is 0 Å². The van der Waals surface area contributed by atoms with Gasteiger partial charge in [0.1, 0.15) is 38.5 Å². The molecule has 29 heavy (non-hydrogen) atoms. The van der Waals surface area contributed by atoms with E-state index in [0.29, 0.717) is 0 Å². The summed E-state index contributed by atoms with van der Waals surface area (Å²) in [5, 5.41) is 12.5. The Balaban J connectivity index is 1.54. The molecule has 2 N–H and O–H groups in total. The van der Waals surface area contributed by atoms with Gasteiger partial charge in [-0.1, -0.05) is 30.3 Å². The van der Waals surface area contributed by atoms with Crippen LogP contribution < -0.4 is 9.80 Å². The number of rotatable bonds is 6.